The van der Waals surface area contributed by atoms with Crippen LogP contribution in [0.15, 0.2) is 42.5 Å². The molecule has 0 spiro atoms. The Balaban J connectivity index is 1.35. The summed E-state index contributed by atoms with van der Waals surface area (Å²) in [4.78, 5) is 19.5. The predicted molar refractivity (Wildman–Crippen MR) is 127 cm³/mol. The second-order valence-electron chi connectivity index (χ2n) is 9.68. The van der Waals surface area contributed by atoms with Crippen molar-refractivity contribution < 1.29 is 28.2 Å². The molecule has 2 fully saturated rings. The standard InChI is InChI=1S/C26H34FO5P/c1-17(33(28,29)30)26(20-10-11-20)21-4-3-5-23(14-21)32-16-18-6-8-19(9-7-18)24-15-22(31-2)12-13-25(24)27/h3-5,12-15,17-20,26H,6-11,16H2,1-2H3,(H2,28,29,30)/t17-,18-,19-,26-/m0/s1. The van der Waals surface area contributed by atoms with Crippen molar-refractivity contribution in [2.75, 3.05) is 13.7 Å². The molecule has 0 unspecified atom stereocenters. The lowest BCUT2D eigenvalue weighted by Gasteiger charge is -2.29. The third-order valence-corrected chi connectivity index (χ3v) is 8.78. The molecule has 2 aliphatic carbocycles. The van der Waals surface area contributed by atoms with Gasteiger partial charge in [-0.3, -0.25) is 4.57 Å². The van der Waals surface area contributed by atoms with E-state index in [1.807, 2.05) is 30.3 Å². The molecule has 2 aromatic carbocycles. The average Bonchev–Trinajstić information content (AvgIpc) is 3.63. The van der Waals surface area contributed by atoms with Gasteiger partial charge in [0.25, 0.3) is 0 Å². The molecule has 180 valence electrons. The molecule has 7 heteroatoms. The minimum atomic E-state index is -4.16. The largest absolute Gasteiger partial charge is 0.497 e. The van der Waals surface area contributed by atoms with E-state index in [0.29, 0.717) is 24.2 Å². The number of ether oxygens (including phenoxy) is 2. The lowest BCUT2D eigenvalue weighted by Crippen LogP contribution is -2.20. The van der Waals surface area contributed by atoms with E-state index in [4.69, 9.17) is 9.47 Å². The molecule has 2 saturated carbocycles. The Morgan fingerprint density at radius 2 is 1.76 bits per heavy atom. The Hall–Kier alpha value is -1.88. The molecule has 0 aromatic heterocycles. The monoisotopic (exact) mass is 476 g/mol. The smallest absolute Gasteiger partial charge is 0.328 e. The van der Waals surface area contributed by atoms with Gasteiger partial charge in [-0.05, 0) is 97.7 Å². The van der Waals surface area contributed by atoms with Crippen molar-refractivity contribution >= 4 is 7.60 Å². The number of halogens is 1. The van der Waals surface area contributed by atoms with Crippen molar-refractivity contribution in [3.05, 3.63) is 59.4 Å². The van der Waals surface area contributed by atoms with Gasteiger partial charge in [-0.15, -0.1) is 0 Å². The van der Waals surface area contributed by atoms with Gasteiger partial charge in [0.05, 0.1) is 19.4 Å². The highest BCUT2D eigenvalue weighted by molar-refractivity contribution is 7.52. The van der Waals surface area contributed by atoms with Gasteiger partial charge in [0, 0.05) is 5.92 Å². The third kappa shape index (κ3) is 5.98. The number of benzene rings is 2. The zero-order valence-corrected chi connectivity index (χ0v) is 20.2. The van der Waals surface area contributed by atoms with Crippen molar-refractivity contribution in [3.8, 4) is 11.5 Å². The van der Waals surface area contributed by atoms with Crippen LogP contribution in [0.25, 0.3) is 0 Å². The van der Waals surface area contributed by atoms with Crippen LogP contribution in [-0.4, -0.2) is 29.2 Å². The second-order valence-corrected chi connectivity index (χ2v) is 11.7. The fraction of sp³-hybridized carbons (Fsp3) is 0.538. The molecule has 2 atom stereocenters. The van der Waals surface area contributed by atoms with Crippen LogP contribution in [0.2, 0.25) is 0 Å². The molecule has 0 radical (unpaired) electrons. The minimum Gasteiger partial charge on any atom is -0.497 e. The van der Waals surface area contributed by atoms with Gasteiger partial charge in [-0.1, -0.05) is 19.1 Å². The van der Waals surface area contributed by atoms with E-state index in [9.17, 15) is 18.7 Å². The molecule has 0 bridgehead atoms. The van der Waals surface area contributed by atoms with Crippen LogP contribution in [0.3, 0.4) is 0 Å². The molecule has 0 saturated heterocycles. The SMILES string of the molecule is COc1ccc(F)c([C@H]2CC[C@H](COc3cccc([C@H](C4CC4)[C@H](C)P(=O)(O)O)c3)CC2)c1. The summed E-state index contributed by atoms with van der Waals surface area (Å²) in [6, 6.07) is 12.7. The van der Waals surface area contributed by atoms with Gasteiger partial charge < -0.3 is 19.3 Å². The summed E-state index contributed by atoms with van der Waals surface area (Å²) in [6.45, 7) is 2.25. The second kappa shape index (κ2) is 10.2. The van der Waals surface area contributed by atoms with Crippen LogP contribution in [0, 0.1) is 17.7 Å². The summed E-state index contributed by atoms with van der Waals surface area (Å²) in [5.74, 6) is 2.06. The molecule has 0 aliphatic heterocycles. The Kier molecular flexibility index (Phi) is 7.47. The average molecular weight is 477 g/mol. The van der Waals surface area contributed by atoms with Crippen molar-refractivity contribution in [1.29, 1.82) is 0 Å². The van der Waals surface area contributed by atoms with E-state index in [1.54, 1.807) is 20.1 Å². The fourth-order valence-corrected chi connectivity index (χ4v) is 6.07. The van der Waals surface area contributed by atoms with Gasteiger partial charge in [0.2, 0.25) is 0 Å². The summed E-state index contributed by atoms with van der Waals surface area (Å²) in [6.07, 6.45) is 5.81. The molecule has 2 N–H and O–H groups in total. The first kappa shape index (κ1) is 24.3. The van der Waals surface area contributed by atoms with Crippen molar-refractivity contribution in [3.63, 3.8) is 0 Å². The zero-order chi connectivity index (χ0) is 23.6. The predicted octanol–water partition coefficient (Wildman–Crippen LogP) is 6.25. The summed E-state index contributed by atoms with van der Waals surface area (Å²) in [7, 11) is -2.56. The van der Waals surface area contributed by atoms with Gasteiger partial charge in [-0.25, -0.2) is 4.39 Å². The lowest BCUT2D eigenvalue weighted by atomic mass is 9.79. The Bertz CT molecular complexity index is 994. The first-order valence-corrected chi connectivity index (χ1v) is 13.6. The Labute approximate surface area is 195 Å². The van der Waals surface area contributed by atoms with Crippen molar-refractivity contribution in [2.24, 2.45) is 11.8 Å². The molecular formula is C26H34FO5P. The van der Waals surface area contributed by atoms with Gasteiger partial charge in [0.1, 0.15) is 17.3 Å². The highest BCUT2D eigenvalue weighted by atomic mass is 31.2. The van der Waals surface area contributed by atoms with Crippen LogP contribution in [0.5, 0.6) is 11.5 Å². The van der Waals surface area contributed by atoms with E-state index in [-0.39, 0.29) is 17.7 Å². The quantitative estimate of drug-likeness (QED) is 0.419. The molecule has 0 heterocycles. The number of methoxy groups -OCH3 is 1. The first-order valence-electron chi connectivity index (χ1n) is 11.9. The van der Waals surface area contributed by atoms with Gasteiger partial charge in [-0.2, -0.15) is 0 Å². The van der Waals surface area contributed by atoms with Gasteiger partial charge >= 0.3 is 7.60 Å². The van der Waals surface area contributed by atoms with Crippen LogP contribution in [0.1, 0.15) is 68.4 Å². The summed E-state index contributed by atoms with van der Waals surface area (Å²) in [5.41, 5.74) is 0.988. The van der Waals surface area contributed by atoms with Crippen LogP contribution in [0.4, 0.5) is 4.39 Å². The maximum absolute atomic E-state index is 14.3. The minimum absolute atomic E-state index is 0.150. The highest BCUT2D eigenvalue weighted by Crippen LogP contribution is 2.55. The molecule has 33 heavy (non-hydrogen) atoms. The van der Waals surface area contributed by atoms with E-state index in [0.717, 1.165) is 55.4 Å². The molecule has 0 amide bonds. The summed E-state index contributed by atoms with van der Waals surface area (Å²) >= 11 is 0. The maximum atomic E-state index is 14.3. The van der Waals surface area contributed by atoms with E-state index in [2.05, 4.69) is 0 Å². The van der Waals surface area contributed by atoms with E-state index >= 15 is 0 Å². The molecule has 4 rings (SSSR count). The maximum Gasteiger partial charge on any atom is 0.328 e. The fourth-order valence-electron chi connectivity index (χ4n) is 5.24. The van der Waals surface area contributed by atoms with Gasteiger partial charge in [0.15, 0.2) is 0 Å². The van der Waals surface area contributed by atoms with E-state index < -0.39 is 13.3 Å². The summed E-state index contributed by atoms with van der Waals surface area (Å²) in [5, 5.41) is 0. The Morgan fingerprint density at radius 1 is 1.03 bits per heavy atom. The normalized spacial score (nSPS) is 23.1. The summed E-state index contributed by atoms with van der Waals surface area (Å²) < 4.78 is 37.6. The highest BCUT2D eigenvalue weighted by Gasteiger charge is 2.42. The zero-order valence-electron chi connectivity index (χ0n) is 19.3. The van der Waals surface area contributed by atoms with Crippen molar-refractivity contribution in [2.45, 2.75) is 62.9 Å². The lowest BCUT2D eigenvalue weighted by molar-refractivity contribution is 0.199. The topological polar surface area (TPSA) is 76.0 Å². The first-order chi connectivity index (χ1) is 15.8. The van der Waals surface area contributed by atoms with Crippen LogP contribution < -0.4 is 9.47 Å². The molecule has 5 nitrogen and oxygen atoms in total. The number of hydrogen-bond acceptors (Lipinski definition) is 3. The van der Waals surface area contributed by atoms with Crippen LogP contribution >= 0.6 is 7.60 Å². The Morgan fingerprint density at radius 3 is 2.39 bits per heavy atom. The molecule has 2 aromatic rings. The van der Waals surface area contributed by atoms with Crippen LogP contribution in [-0.2, 0) is 4.57 Å². The molecule has 2 aliphatic rings. The molecular weight excluding hydrogens is 442 g/mol. The van der Waals surface area contributed by atoms with Crippen molar-refractivity contribution in [1.82, 2.24) is 0 Å². The number of rotatable bonds is 9. The number of hydrogen-bond donors (Lipinski definition) is 2. The van der Waals surface area contributed by atoms with E-state index in [1.165, 1.54) is 6.07 Å². The third-order valence-electron chi connectivity index (χ3n) is 7.40.